The Morgan fingerprint density at radius 3 is 2.76 bits per heavy atom. The molecule has 0 unspecified atom stereocenters. The summed E-state index contributed by atoms with van der Waals surface area (Å²) in [7, 11) is 0. The Hall–Kier alpha value is -1.62. The van der Waals surface area contributed by atoms with Gasteiger partial charge in [-0.1, -0.05) is 13.3 Å². The third kappa shape index (κ3) is 5.01. The van der Waals surface area contributed by atoms with Crippen LogP contribution in [0.2, 0.25) is 0 Å². The Bertz CT molecular complexity index is 499. The number of thiocarbonyl (C=S) groups is 1. The van der Waals surface area contributed by atoms with E-state index in [1.807, 2.05) is 31.2 Å². The summed E-state index contributed by atoms with van der Waals surface area (Å²) >= 11 is 5.27. The number of ether oxygens (including phenoxy) is 1. The number of anilines is 1. The Balaban J connectivity index is 1.85. The first-order valence-electron chi connectivity index (χ1n) is 7.55. The molecule has 1 fully saturated rings. The van der Waals surface area contributed by atoms with Gasteiger partial charge in [0.2, 0.25) is 0 Å². The second-order valence-electron chi connectivity index (χ2n) is 5.27. The van der Waals surface area contributed by atoms with Crippen molar-refractivity contribution in [1.29, 1.82) is 0 Å². The van der Waals surface area contributed by atoms with E-state index in [0.29, 0.717) is 17.6 Å². The summed E-state index contributed by atoms with van der Waals surface area (Å²) in [6, 6.07) is 7.72. The number of benzene rings is 1. The van der Waals surface area contributed by atoms with Crippen molar-refractivity contribution in [3.63, 3.8) is 0 Å². The van der Waals surface area contributed by atoms with Crippen molar-refractivity contribution in [3.05, 3.63) is 24.3 Å². The van der Waals surface area contributed by atoms with Gasteiger partial charge in [0.15, 0.2) is 5.11 Å². The van der Waals surface area contributed by atoms with Gasteiger partial charge < -0.3 is 10.1 Å². The molecule has 1 aromatic carbocycles. The topological polar surface area (TPSA) is 45.6 Å². The van der Waals surface area contributed by atoms with Gasteiger partial charge in [-0.15, -0.1) is 0 Å². The fourth-order valence-corrected chi connectivity index (χ4v) is 2.58. The highest BCUT2D eigenvalue weighted by Gasteiger charge is 2.15. The molecular weight excluding hydrogens is 282 g/mol. The van der Waals surface area contributed by atoms with Crippen molar-refractivity contribution in [3.8, 4) is 5.75 Å². The van der Waals surface area contributed by atoms with Crippen molar-refractivity contribution < 1.29 is 4.74 Å². The van der Waals surface area contributed by atoms with Crippen LogP contribution in [0.15, 0.2) is 29.4 Å². The van der Waals surface area contributed by atoms with Crippen LogP contribution < -0.4 is 15.5 Å². The minimum atomic E-state index is 0.518. The molecule has 1 atom stereocenters. The monoisotopic (exact) mass is 305 g/mol. The molecule has 0 amide bonds. The van der Waals surface area contributed by atoms with Crippen molar-refractivity contribution >= 4 is 28.7 Å². The molecular formula is C16H23N3OS. The zero-order valence-corrected chi connectivity index (χ0v) is 13.5. The van der Waals surface area contributed by atoms with Crippen LogP contribution in [0.5, 0.6) is 5.75 Å². The lowest BCUT2D eigenvalue weighted by Crippen LogP contribution is -2.27. The van der Waals surface area contributed by atoms with E-state index in [0.717, 1.165) is 17.9 Å². The number of hydrogen-bond acceptors (Lipinski definition) is 3. The zero-order chi connectivity index (χ0) is 15.1. The van der Waals surface area contributed by atoms with E-state index in [9.17, 15) is 0 Å². The highest BCUT2D eigenvalue weighted by molar-refractivity contribution is 7.80. The molecule has 0 aliphatic heterocycles. The van der Waals surface area contributed by atoms with Gasteiger partial charge in [0.1, 0.15) is 5.75 Å². The highest BCUT2D eigenvalue weighted by Crippen LogP contribution is 2.20. The highest BCUT2D eigenvalue weighted by atomic mass is 32.1. The molecule has 0 heterocycles. The van der Waals surface area contributed by atoms with Crippen LogP contribution in [0.1, 0.15) is 39.5 Å². The largest absolute Gasteiger partial charge is 0.494 e. The molecule has 4 nitrogen and oxygen atoms in total. The molecule has 0 spiro atoms. The Kier molecular flexibility index (Phi) is 5.99. The summed E-state index contributed by atoms with van der Waals surface area (Å²) in [4.78, 5) is 0. The Morgan fingerprint density at radius 2 is 2.10 bits per heavy atom. The van der Waals surface area contributed by atoms with Gasteiger partial charge in [-0.05, 0) is 68.6 Å². The maximum Gasteiger partial charge on any atom is 0.191 e. The molecule has 0 radical (unpaired) electrons. The van der Waals surface area contributed by atoms with Crippen LogP contribution in [-0.2, 0) is 0 Å². The average molecular weight is 305 g/mol. The SMILES string of the molecule is CCOc1ccc(NC(=S)NN=C2CCCC[C@H]2C)cc1. The molecule has 0 bridgehead atoms. The standard InChI is InChI=1S/C16H23N3OS/c1-3-20-14-10-8-13(9-11-14)17-16(21)19-18-15-7-5-4-6-12(15)2/h8-12H,3-7H2,1-2H3,(H2,17,19,21)/t12-/m1/s1. The van der Waals surface area contributed by atoms with Crippen LogP contribution in [0.3, 0.4) is 0 Å². The molecule has 2 N–H and O–H groups in total. The summed E-state index contributed by atoms with van der Waals surface area (Å²) in [5.41, 5.74) is 5.09. The number of nitrogens with one attached hydrogen (secondary N) is 2. The van der Waals surface area contributed by atoms with E-state index in [1.54, 1.807) is 0 Å². The van der Waals surface area contributed by atoms with Crippen LogP contribution in [-0.4, -0.2) is 17.4 Å². The third-order valence-corrected chi connectivity index (χ3v) is 3.81. The molecule has 21 heavy (non-hydrogen) atoms. The molecule has 0 aromatic heterocycles. The van der Waals surface area contributed by atoms with E-state index in [2.05, 4.69) is 22.8 Å². The molecule has 2 rings (SSSR count). The van der Waals surface area contributed by atoms with Gasteiger partial charge >= 0.3 is 0 Å². The van der Waals surface area contributed by atoms with Crippen LogP contribution in [0.4, 0.5) is 5.69 Å². The van der Waals surface area contributed by atoms with Crippen molar-refractivity contribution in [2.24, 2.45) is 11.0 Å². The molecule has 1 aromatic rings. The first-order chi connectivity index (χ1) is 10.2. The molecule has 1 aliphatic carbocycles. The number of hydrazone groups is 1. The van der Waals surface area contributed by atoms with Gasteiger partial charge in [0, 0.05) is 11.4 Å². The summed E-state index contributed by atoms with van der Waals surface area (Å²) in [5, 5.41) is 8.09. The predicted molar refractivity (Wildman–Crippen MR) is 92.0 cm³/mol. The van der Waals surface area contributed by atoms with E-state index in [-0.39, 0.29) is 0 Å². The second kappa shape index (κ2) is 7.98. The van der Waals surface area contributed by atoms with Crippen LogP contribution >= 0.6 is 12.2 Å². The van der Waals surface area contributed by atoms with Crippen molar-refractivity contribution in [2.45, 2.75) is 39.5 Å². The lowest BCUT2D eigenvalue weighted by atomic mass is 9.89. The molecule has 5 heteroatoms. The molecule has 1 aliphatic rings. The van der Waals surface area contributed by atoms with Gasteiger partial charge in [-0.2, -0.15) is 5.10 Å². The summed E-state index contributed by atoms with van der Waals surface area (Å²) in [6.45, 7) is 4.86. The first kappa shape index (κ1) is 15.8. The number of nitrogens with zero attached hydrogens (tertiary/aromatic N) is 1. The maximum absolute atomic E-state index is 5.41. The van der Waals surface area contributed by atoms with Gasteiger partial charge in [0.05, 0.1) is 6.61 Å². The summed E-state index contributed by atoms with van der Waals surface area (Å²) in [6.07, 6.45) is 4.82. The maximum atomic E-state index is 5.41. The quantitative estimate of drug-likeness (QED) is 0.653. The minimum absolute atomic E-state index is 0.518. The van der Waals surface area contributed by atoms with E-state index < -0.39 is 0 Å². The molecule has 114 valence electrons. The van der Waals surface area contributed by atoms with Gasteiger partial charge in [-0.25, -0.2) is 0 Å². The van der Waals surface area contributed by atoms with Crippen LogP contribution in [0, 0.1) is 5.92 Å². The average Bonchev–Trinajstić information content (AvgIpc) is 2.49. The predicted octanol–water partition coefficient (Wildman–Crippen LogP) is 3.94. The fourth-order valence-electron chi connectivity index (χ4n) is 2.42. The smallest absolute Gasteiger partial charge is 0.191 e. The first-order valence-corrected chi connectivity index (χ1v) is 7.96. The third-order valence-electron chi connectivity index (χ3n) is 3.61. The lowest BCUT2D eigenvalue weighted by Gasteiger charge is -2.20. The Morgan fingerprint density at radius 1 is 1.33 bits per heavy atom. The van der Waals surface area contributed by atoms with E-state index in [1.165, 1.54) is 25.0 Å². The summed E-state index contributed by atoms with van der Waals surface area (Å²) < 4.78 is 5.41. The minimum Gasteiger partial charge on any atom is -0.494 e. The Labute approximate surface area is 132 Å². The van der Waals surface area contributed by atoms with E-state index in [4.69, 9.17) is 17.0 Å². The summed E-state index contributed by atoms with van der Waals surface area (Å²) in [5.74, 6) is 1.41. The molecule has 0 saturated heterocycles. The van der Waals surface area contributed by atoms with Crippen LogP contribution in [0.25, 0.3) is 0 Å². The number of hydrogen-bond donors (Lipinski definition) is 2. The zero-order valence-electron chi connectivity index (χ0n) is 12.7. The van der Waals surface area contributed by atoms with Crippen molar-refractivity contribution in [1.82, 2.24) is 5.43 Å². The molecule has 1 saturated carbocycles. The second-order valence-corrected chi connectivity index (χ2v) is 5.68. The van der Waals surface area contributed by atoms with Gasteiger partial charge in [0.25, 0.3) is 0 Å². The normalized spacial score (nSPS) is 20.1. The lowest BCUT2D eigenvalue weighted by molar-refractivity contribution is 0.340. The van der Waals surface area contributed by atoms with Crippen molar-refractivity contribution in [2.75, 3.05) is 11.9 Å². The van der Waals surface area contributed by atoms with Gasteiger partial charge in [-0.3, -0.25) is 5.43 Å². The fraction of sp³-hybridized carbons (Fsp3) is 0.500. The number of rotatable bonds is 4. The van der Waals surface area contributed by atoms with E-state index >= 15 is 0 Å².